The molecule has 1 aliphatic heterocycles. The van der Waals surface area contributed by atoms with Crippen molar-refractivity contribution in [2.45, 2.75) is 19.4 Å². The third-order valence-electron chi connectivity index (χ3n) is 3.18. The molecular weight excluding hydrogens is 322 g/mol. The van der Waals surface area contributed by atoms with Gasteiger partial charge in [-0.2, -0.15) is 0 Å². The Morgan fingerprint density at radius 2 is 2.25 bits per heavy atom. The van der Waals surface area contributed by atoms with Crippen molar-refractivity contribution in [1.82, 2.24) is 0 Å². The molecule has 20 heavy (non-hydrogen) atoms. The highest BCUT2D eigenvalue weighted by molar-refractivity contribution is 9.10. The van der Waals surface area contributed by atoms with Gasteiger partial charge in [-0.3, -0.25) is 0 Å². The van der Waals surface area contributed by atoms with E-state index in [1.54, 1.807) is 6.08 Å². The summed E-state index contributed by atoms with van der Waals surface area (Å²) in [4.78, 5) is 12.8. The van der Waals surface area contributed by atoms with E-state index in [9.17, 15) is 4.79 Å². The van der Waals surface area contributed by atoms with Crippen molar-refractivity contribution in [3.63, 3.8) is 0 Å². The second-order valence-electron chi connectivity index (χ2n) is 5.41. The summed E-state index contributed by atoms with van der Waals surface area (Å²) < 4.78 is 6.59. The molecule has 0 radical (unpaired) electrons. The van der Waals surface area contributed by atoms with Crippen LogP contribution in [0.15, 0.2) is 28.7 Å². The lowest BCUT2D eigenvalue weighted by Crippen LogP contribution is -2.48. The number of nitrogens with zero attached hydrogens (tertiary/aromatic N) is 1. The Balaban J connectivity index is 2.18. The molecule has 5 heteroatoms. The monoisotopic (exact) mass is 339 g/mol. The van der Waals surface area contributed by atoms with Gasteiger partial charge in [0.15, 0.2) is 0 Å². The van der Waals surface area contributed by atoms with Gasteiger partial charge in [-0.25, -0.2) is 4.79 Å². The van der Waals surface area contributed by atoms with E-state index >= 15 is 0 Å². The molecule has 1 saturated heterocycles. The number of morpholine rings is 1. The molecule has 0 bridgehead atoms. The van der Waals surface area contributed by atoms with Crippen molar-refractivity contribution in [2.24, 2.45) is 0 Å². The zero-order chi connectivity index (χ0) is 14.8. The van der Waals surface area contributed by atoms with Crippen molar-refractivity contribution < 1.29 is 14.6 Å². The Bertz CT molecular complexity index is 540. The maximum Gasteiger partial charge on any atom is 0.328 e. The molecule has 2 rings (SSSR count). The quantitative estimate of drug-likeness (QED) is 0.859. The maximum atomic E-state index is 10.5. The molecule has 0 saturated carbocycles. The molecule has 4 nitrogen and oxygen atoms in total. The Morgan fingerprint density at radius 1 is 1.50 bits per heavy atom. The SMILES string of the molecule is CC1(C)CN(c2ccc(/C=C/C(=O)O)c(Br)c2)CCO1. The van der Waals surface area contributed by atoms with Crippen LogP contribution in [0.2, 0.25) is 0 Å². The number of carboxylic acid groups (broad SMARTS) is 1. The first kappa shape index (κ1) is 15.1. The van der Waals surface area contributed by atoms with Gasteiger partial charge in [-0.05, 0) is 37.6 Å². The van der Waals surface area contributed by atoms with Crippen molar-refractivity contribution in [2.75, 3.05) is 24.6 Å². The minimum atomic E-state index is -0.948. The minimum absolute atomic E-state index is 0.146. The molecule has 0 aromatic heterocycles. The summed E-state index contributed by atoms with van der Waals surface area (Å²) in [5, 5.41) is 8.66. The first-order chi connectivity index (χ1) is 9.37. The van der Waals surface area contributed by atoms with Crippen LogP contribution in [-0.4, -0.2) is 36.4 Å². The van der Waals surface area contributed by atoms with Gasteiger partial charge in [-0.1, -0.05) is 22.0 Å². The smallest absolute Gasteiger partial charge is 0.328 e. The zero-order valence-electron chi connectivity index (χ0n) is 11.6. The largest absolute Gasteiger partial charge is 0.478 e. The molecule has 0 atom stereocenters. The number of carbonyl (C=O) groups is 1. The number of hydrogen-bond donors (Lipinski definition) is 1. The predicted molar refractivity (Wildman–Crippen MR) is 83.1 cm³/mol. The summed E-state index contributed by atoms with van der Waals surface area (Å²) in [6.45, 7) is 6.57. The Labute approximate surface area is 127 Å². The van der Waals surface area contributed by atoms with Crippen molar-refractivity contribution in [1.29, 1.82) is 0 Å². The van der Waals surface area contributed by atoms with Crippen LogP contribution in [0.1, 0.15) is 19.4 Å². The number of benzene rings is 1. The molecular formula is C15H18BrNO3. The van der Waals surface area contributed by atoms with Gasteiger partial charge >= 0.3 is 5.97 Å². The fourth-order valence-corrected chi connectivity index (χ4v) is 2.74. The van der Waals surface area contributed by atoms with E-state index in [1.165, 1.54) is 0 Å². The van der Waals surface area contributed by atoms with Gasteiger partial charge in [0.2, 0.25) is 0 Å². The zero-order valence-corrected chi connectivity index (χ0v) is 13.2. The van der Waals surface area contributed by atoms with E-state index in [4.69, 9.17) is 9.84 Å². The number of halogens is 1. The van der Waals surface area contributed by atoms with E-state index in [2.05, 4.69) is 34.7 Å². The minimum Gasteiger partial charge on any atom is -0.478 e. The highest BCUT2D eigenvalue weighted by Gasteiger charge is 2.27. The molecule has 1 aromatic rings. The van der Waals surface area contributed by atoms with Gasteiger partial charge in [0.05, 0.1) is 12.2 Å². The van der Waals surface area contributed by atoms with E-state index in [0.717, 1.165) is 34.9 Å². The van der Waals surface area contributed by atoms with Gasteiger partial charge in [-0.15, -0.1) is 0 Å². The van der Waals surface area contributed by atoms with Crippen LogP contribution in [0.25, 0.3) is 6.08 Å². The number of carboxylic acids is 1. The highest BCUT2D eigenvalue weighted by Crippen LogP contribution is 2.28. The van der Waals surface area contributed by atoms with Gasteiger partial charge in [0.25, 0.3) is 0 Å². The van der Waals surface area contributed by atoms with Crippen molar-refractivity contribution >= 4 is 33.7 Å². The van der Waals surface area contributed by atoms with Crippen LogP contribution in [-0.2, 0) is 9.53 Å². The highest BCUT2D eigenvalue weighted by atomic mass is 79.9. The Hall–Kier alpha value is -1.33. The van der Waals surface area contributed by atoms with Crippen LogP contribution in [0.3, 0.4) is 0 Å². The van der Waals surface area contributed by atoms with E-state index in [1.807, 2.05) is 18.2 Å². The average Bonchev–Trinajstić information content (AvgIpc) is 2.36. The van der Waals surface area contributed by atoms with Gasteiger partial charge in [0, 0.05) is 29.3 Å². The number of hydrogen-bond acceptors (Lipinski definition) is 3. The molecule has 1 N–H and O–H groups in total. The topological polar surface area (TPSA) is 49.8 Å². The number of anilines is 1. The molecule has 1 aliphatic rings. The lowest BCUT2D eigenvalue weighted by Gasteiger charge is -2.39. The predicted octanol–water partition coefficient (Wildman–Crippen LogP) is 3.16. The molecule has 0 amide bonds. The molecule has 0 aliphatic carbocycles. The first-order valence-corrected chi connectivity index (χ1v) is 7.26. The van der Waals surface area contributed by atoms with Crippen LogP contribution in [0, 0.1) is 0 Å². The summed E-state index contributed by atoms with van der Waals surface area (Å²) in [5.41, 5.74) is 1.82. The normalized spacial score (nSPS) is 18.4. The summed E-state index contributed by atoms with van der Waals surface area (Å²) in [5.74, 6) is -0.948. The Morgan fingerprint density at radius 3 is 2.85 bits per heavy atom. The van der Waals surface area contributed by atoms with Crippen LogP contribution >= 0.6 is 15.9 Å². The lowest BCUT2D eigenvalue weighted by atomic mass is 10.1. The molecule has 1 aromatic carbocycles. The maximum absolute atomic E-state index is 10.5. The molecule has 1 heterocycles. The van der Waals surface area contributed by atoms with E-state index in [-0.39, 0.29) is 5.60 Å². The van der Waals surface area contributed by atoms with Gasteiger partial charge in [0.1, 0.15) is 0 Å². The molecule has 0 unspecified atom stereocenters. The molecule has 0 spiro atoms. The number of aliphatic carboxylic acids is 1. The van der Waals surface area contributed by atoms with Crippen LogP contribution in [0.5, 0.6) is 0 Å². The summed E-state index contributed by atoms with van der Waals surface area (Å²) in [6, 6.07) is 5.94. The first-order valence-electron chi connectivity index (χ1n) is 6.47. The van der Waals surface area contributed by atoms with Crippen molar-refractivity contribution in [3.8, 4) is 0 Å². The molecule has 108 valence electrons. The van der Waals surface area contributed by atoms with Gasteiger partial charge < -0.3 is 14.7 Å². The second-order valence-corrected chi connectivity index (χ2v) is 6.26. The Kier molecular flexibility index (Phi) is 4.50. The fraction of sp³-hybridized carbons (Fsp3) is 0.400. The third kappa shape index (κ3) is 3.84. The fourth-order valence-electron chi connectivity index (χ4n) is 2.25. The average molecular weight is 340 g/mol. The summed E-state index contributed by atoms with van der Waals surface area (Å²) >= 11 is 3.49. The van der Waals surface area contributed by atoms with Crippen LogP contribution < -0.4 is 4.90 Å². The summed E-state index contributed by atoms with van der Waals surface area (Å²) in [6.07, 6.45) is 2.72. The molecule has 1 fully saturated rings. The summed E-state index contributed by atoms with van der Waals surface area (Å²) in [7, 11) is 0. The number of rotatable bonds is 3. The van der Waals surface area contributed by atoms with E-state index in [0.29, 0.717) is 6.61 Å². The third-order valence-corrected chi connectivity index (χ3v) is 3.87. The lowest BCUT2D eigenvalue weighted by molar-refractivity contribution is -0.131. The van der Waals surface area contributed by atoms with Crippen molar-refractivity contribution in [3.05, 3.63) is 34.3 Å². The standard InChI is InChI=1S/C15H18BrNO3/c1-15(2)10-17(7-8-20-15)12-5-3-11(13(16)9-12)4-6-14(18)19/h3-6,9H,7-8,10H2,1-2H3,(H,18,19)/b6-4+. The van der Waals surface area contributed by atoms with E-state index < -0.39 is 5.97 Å². The second kappa shape index (κ2) is 5.97. The van der Waals surface area contributed by atoms with Crippen LogP contribution in [0.4, 0.5) is 5.69 Å². The number of ether oxygens (including phenoxy) is 1.